The molecule has 1 amide bonds. The fourth-order valence-corrected chi connectivity index (χ4v) is 3.77. The highest BCUT2D eigenvalue weighted by molar-refractivity contribution is 7.92. The maximum atomic E-state index is 12.3. The summed E-state index contributed by atoms with van der Waals surface area (Å²) in [7, 11) is -3.29. The van der Waals surface area contributed by atoms with Crippen LogP contribution in [0.2, 0.25) is 0 Å². The first kappa shape index (κ1) is 15.6. The van der Waals surface area contributed by atoms with Gasteiger partial charge in [0.2, 0.25) is 10.0 Å². The number of nitrogens with one attached hydrogen (secondary N) is 1. The lowest BCUT2D eigenvalue weighted by atomic mass is 10.0. The molecule has 1 heterocycles. The van der Waals surface area contributed by atoms with Gasteiger partial charge < -0.3 is 5.32 Å². The van der Waals surface area contributed by atoms with Crippen molar-refractivity contribution in [1.29, 1.82) is 0 Å². The average molecular weight is 330 g/mol. The summed E-state index contributed by atoms with van der Waals surface area (Å²) in [5.41, 5.74) is 2.83. The third kappa shape index (κ3) is 3.37. The number of nitrogens with zero attached hydrogens (tertiary/aromatic N) is 1. The molecule has 6 heteroatoms. The second kappa shape index (κ2) is 6.04. The van der Waals surface area contributed by atoms with Gasteiger partial charge in [-0.2, -0.15) is 0 Å². The number of para-hydroxylation sites is 1. The Labute approximate surface area is 136 Å². The number of anilines is 2. The van der Waals surface area contributed by atoms with Crippen LogP contribution in [0.1, 0.15) is 22.3 Å². The summed E-state index contributed by atoms with van der Waals surface area (Å²) in [5, 5.41) is 2.84. The van der Waals surface area contributed by atoms with E-state index < -0.39 is 10.0 Å². The van der Waals surface area contributed by atoms with Crippen LogP contribution >= 0.6 is 0 Å². The van der Waals surface area contributed by atoms with E-state index in [0.717, 1.165) is 24.1 Å². The van der Waals surface area contributed by atoms with E-state index in [1.807, 2.05) is 30.3 Å². The second-order valence-corrected chi connectivity index (χ2v) is 7.51. The lowest BCUT2D eigenvalue weighted by Crippen LogP contribution is -2.34. The highest BCUT2D eigenvalue weighted by Gasteiger charge is 2.24. The summed E-state index contributed by atoms with van der Waals surface area (Å²) in [6.07, 6.45) is 2.73. The molecule has 0 saturated carbocycles. The van der Waals surface area contributed by atoms with Crippen LogP contribution in [0.5, 0.6) is 0 Å². The number of rotatable bonds is 3. The fourth-order valence-electron chi connectivity index (χ4n) is 2.77. The minimum absolute atomic E-state index is 0.199. The predicted octanol–water partition coefficient (Wildman–Crippen LogP) is 2.65. The Morgan fingerprint density at radius 1 is 1.13 bits per heavy atom. The molecule has 1 aliphatic heterocycles. The third-order valence-electron chi connectivity index (χ3n) is 3.85. The maximum absolute atomic E-state index is 12.3. The van der Waals surface area contributed by atoms with E-state index in [2.05, 4.69) is 5.32 Å². The summed E-state index contributed by atoms with van der Waals surface area (Å²) in [4.78, 5) is 12.3. The lowest BCUT2D eigenvalue weighted by Gasteiger charge is -2.29. The number of benzene rings is 2. The van der Waals surface area contributed by atoms with Crippen LogP contribution in [0, 0.1) is 0 Å². The molecule has 0 atom stereocenters. The van der Waals surface area contributed by atoms with Crippen LogP contribution < -0.4 is 9.62 Å². The van der Waals surface area contributed by atoms with E-state index in [0.29, 0.717) is 17.8 Å². The molecule has 2 aromatic rings. The van der Waals surface area contributed by atoms with E-state index in [9.17, 15) is 13.2 Å². The Morgan fingerprint density at radius 3 is 2.57 bits per heavy atom. The van der Waals surface area contributed by atoms with Gasteiger partial charge in [-0.3, -0.25) is 9.10 Å². The van der Waals surface area contributed by atoms with Crippen molar-refractivity contribution in [2.24, 2.45) is 0 Å². The number of aryl methyl sites for hydroxylation is 1. The SMILES string of the molecule is CS(=O)(=O)N1CCCc2cc(C(=O)Nc3ccccc3)ccc21. The molecule has 23 heavy (non-hydrogen) atoms. The van der Waals surface area contributed by atoms with Crippen LogP contribution in [0.15, 0.2) is 48.5 Å². The average Bonchev–Trinajstić information content (AvgIpc) is 2.53. The largest absolute Gasteiger partial charge is 0.322 e. The molecule has 0 saturated heterocycles. The Morgan fingerprint density at radius 2 is 1.87 bits per heavy atom. The highest BCUT2D eigenvalue weighted by atomic mass is 32.2. The van der Waals surface area contributed by atoms with Crippen LogP contribution in [-0.4, -0.2) is 27.1 Å². The van der Waals surface area contributed by atoms with Gasteiger partial charge in [0.1, 0.15) is 0 Å². The van der Waals surface area contributed by atoms with Crippen molar-refractivity contribution in [3.8, 4) is 0 Å². The van der Waals surface area contributed by atoms with E-state index in [1.165, 1.54) is 10.6 Å². The quantitative estimate of drug-likeness (QED) is 0.941. The number of sulfonamides is 1. The topological polar surface area (TPSA) is 66.5 Å². The summed E-state index contributed by atoms with van der Waals surface area (Å²) in [5.74, 6) is -0.199. The number of carbonyl (C=O) groups is 1. The normalized spacial score (nSPS) is 14.2. The molecule has 0 radical (unpaired) electrons. The fraction of sp³-hybridized carbons (Fsp3) is 0.235. The van der Waals surface area contributed by atoms with Crippen molar-refractivity contribution in [1.82, 2.24) is 0 Å². The molecular formula is C17H18N2O3S. The van der Waals surface area contributed by atoms with Gasteiger partial charge in [-0.15, -0.1) is 0 Å². The van der Waals surface area contributed by atoms with Crippen LogP contribution in [0.3, 0.4) is 0 Å². The van der Waals surface area contributed by atoms with Crippen molar-refractivity contribution in [3.05, 3.63) is 59.7 Å². The Balaban J connectivity index is 1.88. The Kier molecular flexibility index (Phi) is 4.09. The first-order valence-corrected chi connectivity index (χ1v) is 9.27. The number of carbonyl (C=O) groups excluding carboxylic acids is 1. The first-order valence-electron chi connectivity index (χ1n) is 7.42. The van der Waals surface area contributed by atoms with Gasteiger partial charge in [-0.05, 0) is 48.7 Å². The van der Waals surface area contributed by atoms with Gasteiger partial charge in [-0.1, -0.05) is 18.2 Å². The van der Waals surface area contributed by atoms with Crippen molar-refractivity contribution < 1.29 is 13.2 Å². The predicted molar refractivity (Wildman–Crippen MR) is 91.3 cm³/mol. The minimum atomic E-state index is -3.29. The summed E-state index contributed by atoms with van der Waals surface area (Å²) in [6.45, 7) is 0.487. The first-order chi connectivity index (χ1) is 10.9. The van der Waals surface area contributed by atoms with Crippen LogP contribution in [0.25, 0.3) is 0 Å². The molecule has 0 aliphatic carbocycles. The second-order valence-electron chi connectivity index (χ2n) is 5.60. The number of amides is 1. The third-order valence-corrected chi connectivity index (χ3v) is 5.03. The molecule has 3 rings (SSSR count). The van der Waals surface area contributed by atoms with Crippen molar-refractivity contribution in [3.63, 3.8) is 0 Å². The number of hydrogen-bond acceptors (Lipinski definition) is 3. The molecule has 2 aromatic carbocycles. The summed E-state index contributed by atoms with van der Waals surface area (Å²) in [6, 6.07) is 14.4. The zero-order valence-electron chi connectivity index (χ0n) is 12.8. The van der Waals surface area contributed by atoms with Crippen molar-refractivity contribution >= 4 is 27.3 Å². The summed E-state index contributed by atoms with van der Waals surface area (Å²) < 4.78 is 25.1. The van der Waals surface area contributed by atoms with Crippen LogP contribution in [-0.2, 0) is 16.4 Å². The molecular weight excluding hydrogens is 312 g/mol. The highest BCUT2D eigenvalue weighted by Crippen LogP contribution is 2.30. The van der Waals surface area contributed by atoms with E-state index in [-0.39, 0.29) is 5.91 Å². The smallest absolute Gasteiger partial charge is 0.255 e. The van der Waals surface area contributed by atoms with Gasteiger partial charge in [-0.25, -0.2) is 8.42 Å². The molecule has 0 bridgehead atoms. The van der Waals surface area contributed by atoms with E-state index in [4.69, 9.17) is 0 Å². The molecule has 0 fully saturated rings. The number of hydrogen-bond donors (Lipinski definition) is 1. The van der Waals surface area contributed by atoms with E-state index >= 15 is 0 Å². The van der Waals surface area contributed by atoms with Gasteiger partial charge >= 0.3 is 0 Å². The van der Waals surface area contributed by atoms with Gasteiger partial charge in [0.15, 0.2) is 0 Å². The minimum Gasteiger partial charge on any atom is -0.322 e. The monoisotopic (exact) mass is 330 g/mol. The standard InChI is InChI=1S/C17H18N2O3S/c1-23(21,22)19-11-5-6-13-12-14(9-10-16(13)19)17(20)18-15-7-3-2-4-8-15/h2-4,7-10,12H,5-6,11H2,1H3,(H,18,20). The van der Waals surface area contributed by atoms with Gasteiger partial charge in [0.05, 0.1) is 11.9 Å². The Bertz CT molecular complexity index is 832. The molecule has 1 aliphatic rings. The molecule has 0 unspecified atom stereocenters. The zero-order valence-corrected chi connectivity index (χ0v) is 13.6. The van der Waals surface area contributed by atoms with Gasteiger partial charge in [0, 0.05) is 17.8 Å². The molecule has 120 valence electrons. The Hall–Kier alpha value is -2.34. The molecule has 5 nitrogen and oxygen atoms in total. The molecule has 1 N–H and O–H groups in total. The summed E-state index contributed by atoms with van der Waals surface area (Å²) >= 11 is 0. The van der Waals surface area contributed by atoms with Crippen molar-refractivity contribution in [2.45, 2.75) is 12.8 Å². The maximum Gasteiger partial charge on any atom is 0.255 e. The molecule has 0 aromatic heterocycles. The van der Waals surface area contributed by atoms with Gasteiger partial charge in [0.25, 0.3) is 5.91 Å². The van der Waals surface area contributed by atoms with E-state index in [1.54, 1.807) is 18.2 Å². The number of fused-ring (bicyclic) bond motifs is 1. The lowest BCUT2D eigenvalue weighted by molar-refractivity contribution is 0.102. The van der Waals surface area contributed by atoms with Crippen LogP contribution in [0.4, 0.5) is 11.4 Å². The van der Waals surface area contributed by atoms with Crippen molar-refractivity contribution in [2.75, 3.05) is 22.4 Å². The zero-order chi connectivity index (χ0) is 16.4. The molecule has 0 spiro atoms.